The molecule has 3 atom stereocenters. The lowest BCUT2D eigenvalue weighted by Gasteiger charge is -2.24. The zero-order valence-electron chi connectivity index (χ0n) is 13.7. The van der Waals surface area contributed by atoms with Gasteiger partial charge in [-0.3, -0.25) is 23.7 Å². The lowest BCUT2D eigenvalue weighted by Crippen LogP contribution is -2.47. The third-order valence-electron chi connectivity index (χ3n) is 3.37. The van der Waals surface area contributed by atoms with Gasteiger partial charge >= 0.3 is 10.4 Å². The molecule has 0 amide bonds. The molecule has 0 aliphatic rings. The number of aromatic nitrogens is 2. The number of carbonyl (C=O) groups is 1. The summed E-state index contributed by atoms with van der Waals surface area (Å²) in [6, 6.07) is 0. The van der Waals surface area contributed by atoms with Gasteiger partial charge in [-0.2, -0.15) is 8.42 Å². The van der Waals surface area contributed by atoms with Crippen molar-refractivity contribution in [3.05, 3.63) is 33.3 Å². The molecule has 0 aliphatic carbocycles. The molecule has 1 heterocycles. The summed E-state index contributed by atoms with van der Waals surface area (Å²) in [5, 5.41) is 38.5. The van der Waals surface area contributed by atoms with Gasteiger partial charge in [0.1, 0.15) is 18.3 Å². The Labute approximate surface area is 157 Å². The maximum absolute atomic E-state index is 12.2. The summed E-state index contributed by atoms with van der Waals surface area (Å²) in [6.45, 7) is 2.32. The third kappa shape index (κ3) is 6.03. The lowest BCUT2D eigenvalue weighted by molar-refractivity contribution is -0.137. The molecule has 0 fully saturated rings. The highest BCUT2D eigenvalue weighted by atomic mass is 32.3. The van der Waals surface area contributed by atoms with Gasteiger partial charge in [0, 0.05) is 13.0 Å². The van der Waals surface area contributed by atoms with Crippen LogP contribution in [-0.2, 0) is 32.3 Å². The highest BCUT2D eigenvalue weighted by molar-refractivity contribution is 7.80. The molecule has 0 radical (unpaired) electrons. The summed E-state index contributed by atoms with van der Waals surface area (Å²) in [5.41, 5.74) is -1.44. The number of hydrogen-bond donors (Lipinski definition) is 6. The number of aliphatic hydroxyl groups excluding tert-OH is 3. The largest absolute Gasteiger partial charge is 0.494 e. The monoisotopic (exact) mass is 426 g/mol. The molecule has 1 rings (SSSR count). The average Bonchev–Trinajstić information content (AvgIpc) is 2.57. The number of nitrogens with one attached hydrogen (secondary N) is 1. The van der Waals surface area contributed by atoms with Crippen molar-refractivity contribution in [3.8, 4) is 5.88 Å². The molecule has 27 heavy (non-hydrogen) atoms. The van der Waals surface area contributed by atoms with Crippen LogP contribution < -0.4 is 5.56 Å². The zero-order valence-corrected chi connectivity index (χ0v) is 15.3. The number of hydrogen-bond acceptors (Lipinski definition) is 10. The molecule has 1 aromatic rings. The molecule has 1 aromatic heterocycles. The van der Waals surface area contributed by atoms with E-state index in [4.69, 9.17) is 21.9 Å². The maximum atomic E-state index is 12.2. The number of aromatic amines is 1. The van der Waals surface area contributed by atoms with Crippen LogP contribution in [0.15, 0.2) is 17.4 Å². The minimum atomic E-state index is -5.20. The maximum Gasteiger partial charge on any atom is 0.397 e. The second-order valence-corrected chi connectivity index (χ2v) is 6.72. The van der Waals surface area contributed by atoms with Gasteiger partial charge in [-0.1, -0.05) is 6.08 Å². The van der Waals surface area contributed by atoms with Gasteiger partial charge in [-0.25, -0.2) is 4.18 Å². The van der Waals surface area contributed by atoms with E-state index in [0.29, 0.717) is 0 Å². The number of nitrogens with zero attached hydrogens (tertiary/aromatic N) is 1. The normalized spacial score (nSPS) is 15.1. The van der Waals surface area contributed by atoms with E-state index in [2.05, 4.69) is 15.7 Å². The minimum absolute atomic E-state index is 0.0110. The summed E-state index contributed by atoms with van der Waals surface area (Å²) in [5.74, 6) is -1.93. The first-order valence-electron chi connectivity index (χ1n) is 7.24. The number of aromatic hydroxyl groups is 1. The number of aliphatic hydroxyl groups is 3. The fraction of sp³-hybridized carbons (Fsp3) is 0.462. The molecule has 14 heteroatoms. The number of ketones is 1. The van der Waals surface area contributed by atoms with Crippen LogP contribution in [0, 0.1) is 4.77 Å². The van der Waals surface area contributed by atoms with Crippen LogP contribution in [0.25, 0.3) is 0 Å². The summed E-state index contributed by atoms with van der Waals surface area (Å²) >= 11 is 4.86. The van der Waals surface area contributed by atoms with Gasteiger partial charge in [0.25, 0.3) is 5.56 Å². The predicted molar refractivity (Wildman–Crippen MR) is 92.0 cm³/mol. The van der Waals surface area contributed by atoms with Gasteiger partial charge < -0.3 is 20.4 Å². The molecular formula is C13H18N2O10S2. The molecular weight excluding hydrogens is 408 g/mol. The molecule has 0 spiro atoms. The topological polar surface area (TPSA) is 199 Å². The molecule has 1 unspecified atom stereocenters. The Morgan fingerprint density at radius 3 is 2.48 bits per heavy atom. The van der Waals surface area contributed by atoms with Gasteiger partial charge in [0.2, 0.25) is 5.88 Å². The van der Waals surface area contributed by atoms with Gasteiger partial charge in [-0.15, -0.1) is 6.58 Å². The van der Waals surface area contributed by atoms with Gasteiger partial charge in [-0.05, 0) is 12.2 Å². The average molecular weight is 426 g/mol. The van der Waals surface area contributed by atoms with Crippen molar-refractivity contribution < 1.29 is 42.4 Å². The smallest absolute Gasteiger partial charge is 0.397 e. The molecule has 152 valence electrons. The quantitative estimate of drug-likeness (QED) is 0.135. The number of H-pyrrole nitrogens is 1. The second kappa shape index (κ2) is 9.32. The van der Waals surface area contributed by atoms with Crippen molar-refractivity contribution in [2.45, 2.75) is 31.3 Å². The molecule has 0 aromatic carbocycles. The highest BCUT2D eigenvalue weighted by Crippen LogP contribution is 2.17. The van der Waals surface area contributed by atoms with E-state index in [0.717, 1.165) is 4.57 Å². The third-order valence-corrected chi connectivity index (χ3v) is 4.16. The Balaban J connectivity index is 3.23. The first kappa shape index (κ1) is 23.1. The van der Waals surface area contributed by atoms with Crippen LogP contribution in [0.3, 0.4) is 0 Å². The Kier molecular flexibility index (Phi) is 7.97. The van der Waals surface area contributed by atoms with Crippen molar-refractivity contribution >= 4 is 28.4 Å². The number of allylic oxidation sites excluding steroid dienone is 1. The van der Waals surface area contributed by atoms with E-state index in [1.165, 1.54) is 6.08 Å². The Morgan fingerprint density at radius 1 is 1.41 bits per heavy atom. The molecule has 0 bridgehead atoms. The number of rotatable bonds is 10. The van der Waals surface area contributed by atoms with Crippen molar-refractivity contribution in [2.75, 3.05) is 6.61 Å². The molecule has 0 saturated carbocycles. The van der Waals surface area contributed by atoms with Crippen LogP contribution >= 0.6 is 12.2 Å². The van der Waals surface area contributed by atoms with E-state index in [-0.39, 0.29) is 11.3 Å². The van der Waals surface area contributed by atoms with Crippen LogP contribution in [0.5, 0.6) is 5.88 Å². The van der Waals surface area contributed by atoms with Crippen LogP contribution in [-0.4, -0.2) is 73.6 Å². The Hall–Kier alpha value is -1.94. The van der Waals surface area contributed by atoms with Crippen molar-refractivity contribution in [1.82, 2.24) is 9.55 Å². The zero-order chi connectivity index (χ0) is 20.9. The van der Waals surface area contributed by atoms with Crippen LogP contribution in [0.2, 0.25) is 0 Å². The fourth-order valence-corrected chi connectivity index (χ4v) is 2.86. The SMILES string of the molecule is C=CCn1c(O)c(CC(=O)[C@@H](O)C(OS(=O)(=O)O)[C@H](O)CO)c(=O)[nH]c1=S. The van der Waals surface area contributed by atoms with Crippen molar-refractivity contribution in [2.24, 2.45) is 0 Å². The van der Waals surface area contributed by atoms with E-state index in [9.17, 15) is 33.3 Å². The summed E-state index contributed by atoms with van der Waals surface area (Å²) in [7, 11) is -5.20. The van der Waals surface area contributed by atoms with Crippen LogP contribution in [0.4, 0.5) is 0 Å². The van der Waals surface area contributed by atoms with Crippen molar-refractivity contribution in [3.63, 3.8) is 0 Å². The lowest BCUT2D eigenvalue weighted by atomic mass is 10.00. The Bertz CT molecular complexity index is 920. The van der Waals surface area contributed by atoms with Gasteiger partial charge in [0.05, 0.1) is 12.2 Å². The van der Waals surface area contributed by atoms with Gasteiger partial charge in [0.15, 0.2) is 10.6 Å². The van der Waals surface area contributed by atoms with Crippen LogP contribution in [0.1, 0.15) is 5.56 Å². The molecule has 12 nitrogen and oxygen atoms in total. The summed E-state index contributed by atoms with van der Waals surface area (Å²) in [6.07, 6.45) is -6.24. The number of carbonyl (C=O) groups excluding carboxylic acids is 1. The van der Waals surface area contributed by atoms with E-state index >= 15 is 0 Å². The first-order chi connectivity index (χ1) is 12.4. The first-order valence-corrected chi connectivity index (χ1v) is 9.01. The molecule has 0 aliphatic heterocycles. The summed E-state index contributed by atoms with van der Waals surface area (Å²) in [4.78, 5) is 26.4. The second-order valence-electron chi connectivity index (χ2n) is 5.29. The fourth-order valence-electron chi connectivity index (χ4n) is 2.09. The Morgan fingerprint density at radius 2 is 2.00 bits per heavy atom. The number of Topliss-reactive ketones (excluding diaryl/α,β-unsaturated/α-hetero) is 1. The standard InChI is InChI=1S/C13H18N2O10S2/c1-2-3-15-12(21)6(11(20)14-13(15)26)4-7(17)9(19)10(8(18)5-16)25-27(22,23)24/h2,8-10,16,18-19,21H,1,3-5H2,(H,14,20,26)(H,22,23,24)/t8-,9-,10?/m1/s1. The molecule has 0 saturated heterocycles. The predicted octanol–water partition coefficient (Wildman–Crippen LogP) is -2.19. The van der Waals surface area contributed by atoms with E-state index < -0.39 is 64.5 Å². The highest BCUT2D eigenvalue weighted by Gasteiger charge is 2.36. The molecule has 6 N–H and O–H groups in total. The van der Waals surface area contributed by atoms with E-state index in [1.54, 1.807) is 0 Å². The summed E-state index contributed by atoms with van der Waals surface area (Å²) < 4.78 is 35.2. The van der Waals surface area contributed by atoms with E-state index in [1.807, 2.05) is 0 Å². The minimum Gasteiger partial charge on any atom is -0.494 e. The van der Waals surface area contributed by atoms with Crippen molar-refractivity contribution in [1.29, 1.82) is 0 Å².